The fourth-order valence-corrected chi connectivity index (χ4v) is 3.10. The Kier molecular flexibility index (Phi) is 4.01. The summed E-state index contributed by atoms with van der Waals surface area (Å²) in [6.07, 6.45) is 2.82. The van der Waals surface area contributed by atoms with Gasteiger partial charge >= 0.3 is 0 Å². The molecule has 1 aromatic heterocycles. The zero-order chi connectivity index (χ0) is 14.8. The molecular weight excluding hydrogens is 294 g/mol. The highest BCUT2D eigenvalue weighted by molar-refractivity contribution is 7.92. The second-order valence-electron chi connectivity index (χ2n) is 4.04. The summed E-state index contributed by atoms with van der Waals surface area (Å²) in [7, 11) is -2.23. The van der Waals surface area contributed by atoms with Gasteiger partial charge in [0.15, 0.2) is 0 Å². The van der Waals surface area contributed by atoms with Crippen molar-refractivity contribution in [2.24, 2.45) is 5.73 Å². The zero-order valence-electron chi connectivity index (χ0n) is 10.7. The summed E-state index contributed by atoms with van der Waals surface area (Å²) in [4.78, 5) is 4.09. The second kappa shape index (κ2) is 5.56. The van der Waals surface area contributed by atoms with Crippen molar-refractivity contribution in [3.8, 4) is 0 Å². The maximum atomic E-state index is 12.5. The van der Waals surface area contributed by atoms with E-state index in [1.807, 2.05) is 0 Å². The van der Waals surface area contributed by atoms with Crippen molar-refractivity contribution in [1.29, 1.82) is 0 Å². The third-order valence-corrected chi connectivity index (χ3v) is 4.78. The zero-order valence-corrected chi connectivity index (χ0v) is 12.4. The molecule has 0 bridgehead atoms. The molecule has 0 saturated heterocycles. The predicted molar refractivity (Wildman–Crippen MR) is 82.2 cm³/mol. The van der Waals surface area contributed by atoms with Gasteiger partial charge in [-0.1, -0.05) is 24.4 Å². The molecule has 0 saturated carbocycles. The number of hydrogen-bond acceptors (Lipinski definition) is 4. The number of aromatic nitrogens is 1. The molecular formula is C13H13N3O2S2. The highest BCUT2D eigenvalue weighted by atomic mass is 32.2. The molecule has 2 N–H and O–H groups in total. The van der Waals surface area contributed by atoms with Gasteiger partial charge in [0.25, 0.3) is 10.0 Å². The quantitative estimate of drug-likeness (QED) is 0.867. The molecule has 20 heavy (non-hydrogen) atoms. The average molecular weight is 307 g/mol. The number of pyridine rings is 1. The van der Waals surface area contributed by atoms with E-state index in [-0.39, 0.29) is 9.88 Å². The summed E-state index contributed by atoms with van der Waals surface area (Å²) in [6, 6.07) is 9.88. The molecule has 5 nitrogen and oxygen atoms in total. The van der Waals surface area contributed by atoms with Crippen LogP contribution in [0.25, 0.3) is 0 Å². The van der Waals surface area contributed by atoms with Gasteiger partial charge in [-0.15, -0.1) is 0 Å². The number of thiocarbonyl (C=S) groups is 1. The lowest BCUT2D eigenvalue weighted by molar-refractivity contribution is 0.594. The third kappa shape index (κ3) is 2.63. The lowest BCUT2D eigenvalue weighted by atomic mass is 10.2. The van der Waals surface area contributed by atoms with Crippen molar-refractivity contribution in [1.82, 2.24) is 4.98 Å². The first-order valence-electron chi connectivity index (χ1n) is 5.72. The number of rotatable bonds is 4. The number of nitrogens with zero attached hydrogens (tertiary/aromatic N) is 2. The molecule has 0 fully saturated rings. The van der Waals surface area contributed by atoms with Crippen LogP contribution in [0.5, 0.6) is 0 Å². The van der Waals surface area contributed by atoms with Crippen LogP contribution in [-0.2, 0) is 10.0 Å². The highest BCUT2D eigenvalue weighted by Crippen LogP contribution is 2.25. The van der Waals surface area contributed by atoms with Crippen molar-refractivity contribution >= 4 is 32.9 Å². The van der Waals surface area contributed by atoms with E-state index in [1.165, 1.54) is 25.5 Å². The van der Waals surface area contributed by atoms with Crippen LogP contribution in [0.2, 0.25) is 0 Å². The summed E-state index contributed by atoms with van der Waals surface area (Å²) < 4.78 is 26.2. The molecule has 0 aliphatic rings. The fourth-order valence-electron chi connectivity index (χ4n) is 1.74. The van der Waals surface area contributed by atoms with Crippen LogP contribution in [0.1, 0.15) is 5.56 Å². The van der Waals surface area contributed by atoms with Crippen molar-refractivity contribution < 1.29 is 8.42 Å². The van der Waals surface area contributed by atoms with Gasteiger partial charge in [0.2, 0.25) is 0 Å². The van der Waals surface area contributed by atoms with Crippen LogP contribution in [0, 0.1) is 0 Å². The molecule has 0 radical (unpaired) electrons. The van der Waals surface area contributed by atoms with E-state index in [1.54, 1.807) is 30.3 Å². The fraction of sp³-hybridized carbons (Fsp3) is 0.0769. The summed E-state index contributed by atoms with van der Waals surface area (Å²) >= 11 is 4.95. The minimum atomic E-state index is -3.69. The topological polar surface area (TPSA) is 76.3 Å². The molecule has 1 heterocycles. The predicted octanol–water partition coefficient (Wildman–Crippen LogP) is 1.54. The van der Waals surface area contributed by atoms with Gasteiger partial charge < -0.3 is 5.73 Å². The number of para-hydroxylation sites is 1. The number of benzene rings is 1. The molecule has 0 atom stereocenters. The number of anilines is 1. The number of nitrogens with two attached hydrogens (primary N) is 1. The van der Waals surface area contributed by atoms with Crippen LogP contribution in [0.15, 0.2) is 53.7 Å². The Morgan fingerprint density at radius 2 is 1.95 bits per heavy atom. The van der Waals surface area contributed by atoms with E-state index < -0.39 is 10.0 Å². The molecule has 2 rings (SSSR count). The SMILES string of the molecule is CN(c1ccccc1C(N)=S)S(=O)(=O)c1cccnc1. The monoisotopic (exact) mass is 307 g/mol. The van der Waals surface area contributed by atoms with E-state index in [2.05, 4.69) is 4.98 Å². The summed E-state index contributed by atoms with van der Waals surface area (Å²) in [6.45, 7) is 0. The van der Waals surface area contributed by atoms with Crippen LogP contribution in [-0.4, -0.2) is 25.4 Å². The second-order valence-corrected chi connectivity index (χ2v) is 6.45. The first-order chi connectivity index (χ1) is 9.44. The van der Waals surface area contributed by atoms with Gasteiger partial charge in [-0.05, 0) is 24.3 Å². The van der Waals surface area contributed by atoms with Crippen LogP contribution in [0.3, 0.4) is 0 Å². The Morgan fingerprint density at radius 1 is 1.25 bits per heavy atom. The molecule has 1 aromatic carbocycles. The average Bonchev–Trinajstić information content (AvgIpc) is 2.47. The largest absolute Gasteiger partial charge is 0.389 e. The smallest absolute Gasteiger partial charge is 0.265 e. The Morgan fingerprint density at radius 3 is 2.55 bits per heavy atom. The first kappa shape index (κ1) is 14.4. The Balaban J connectivity index is 2.52. The molecule has 2 aromatic rings. The lowest BCUT2D eigenvalue weighted by Gasteiger charge is -2.21. The molecule has 0 aliphatic carbocycles. The number of hydrogen-bond donors (Lipinski definition) is 1. The van der Waals surface area contributed by atoms with Crippen LogP contribution >= 0.6 is 12.2 Å². The van der Waals surface area contributed by atoms with Gasteiger partial charge in [-0.2, -0.15) is 0 Å². The summed E-state index contributed by atoms with van der Waals surface area (Å²) in [5.74, 6) is 0. The minimum absolute atomic E-state index is 0.111. The van der Waals surface area contributed by atoms with Crippen molar-refractivity contribution in [2.45, 2.75) is 4.90 Å². The van der Waals surface area contributed by atoms with E-state index in [0.29, 0.717) is 11.3 Å². The molecule has 104 valence electrons. The van der Waals surface area contributed by atoms with Gasteiger partial charge in [0.05, 0.1) is 5.69 Å². The molecule has 0 aliphatic heterocycles. The van der Waals surface area contributed by atoms with Crippen LogP contribution < -0.4 is 10.0 Å². The third-order valence-electron chi connectivity index (χ3n) is 2.80. The summed E-state index contributed by atoms with van der Waals surface area (Å²) in [5, 5.41) is 0. The van der Waals surface area contributed by atoms with E-state index in [9.17, 15) is 8.42 Å². The van der Waals surface area contributed by atoms with E-state index in [4.69, 9.17) is 18.0 Å². The van der Waals surface area contributed by atoms with E-state index in [0.717, 1.165) is 4.31 Å². The van der Waals surface area contributed by atoms with Gasteiger partial charge in [0, 0.05) is 25.0 Å². The minimum Gasteiger partial charge on any atom is -0.389 e. The maximum absolute atomic E-state index is 12.5. The molecule has 0 unspecified atom stereocenters. The number of sulfonamides is 1. The van der Waals surface area contributed by atoms with E-state index >= 15 is 0 Å². The molecule has 0 amide bonds. The first-order valence-corrected chi connectivity index (χ1v) is 7.57. The van der Waals surface area contributed by atoms with Gasteiger partial charge in [-0.25, -0.2) is 8.42 Å². The Bertz CT molecular complexity index is 730. The molecule has 0 spiro atoms. The Hall–Kier alpha value is -1.99. The van der Waals surface area contributed by atoms with Gasteiger partial charge in [-0.3, -0.25) is 9.29 Å². The standard InChI is InChI=1S/C13H13N3O2S2/c1-16(12-7-3-2-6-11(12)13(14)19)20(17,18)10-5-4-8-15-9-10/h2-9H,1H3,(H2,14,19). The Labute approximate surface area is 123 Å². The molecule has 7 heteroatoms. The van der Waals surface area contributed by atoms with Crippen LogP contribution in [0.4, 0.5) is 5.69 Å². The van der Waals surface area contributed by atoms with Crippen molar-refractivity contribution in [2.75, 3.05) is 11.4 Å². The highest BCUT2D eigenvalue weighted by Gasteiger charge is 2.23. The van der Waals surface area contributed by atoms with Crippen molar-refractivity contribution in [3.63, 3.8) is 0 Å². The maximum Gasteiger partial charge on any atom is 0.265 e. The normalized spacial score (nSPS) is 11.1. The summed E-state index contributed by atoms with van der Waals surface area (Å²) in [5.41, 5.74) is 6.58. The lowest BCUT2D eigenvalue weighted by Crippen LogP contribution is -2.29. The van der Waals surface area contributed by atoms with Crippen molar-refractivity contribution in [3.05, 3.63) is 54.4 Å². The van der Waals surface area contributed by atoms with Gasteiger partial charge in [0.1, 0.15) is 9.88 Å².